The zero-order valence-corrected chi connectivity index (χ0v) is 14.3. The maximum Gasteiger partial charge on any atom is 0.263 e. The highest BCUT2D eigenvalue weighted by Crippen LogP contribution is 2.30. The summed E-state index contributed by atoms with van der Waals surface area (Å²) >= 11 is 0. The Morgan fingerprint density at radius 2 is 2.08 bits per heavy atom. The molecule has 4 heterocycles. The highest BCUT2D eigenvalue weighted by molar-refractivity contribution is 5.74. The van der Waals surface area contributed by atoms with E-state index in [1.165, 1.54) is 0 Å². The van der Waals surface area contributed by atoms with Gasteiger partial charge in [-0.3, -0.25) is 14.5 Å². The van der Waals surface area contributed by atoms with E-state index < -0.39 is 0 Å². The number of nitrogens with zero attached hydrogens (tertiary/aromatic N) is 4. The van der Waals surface area contributed by atoms with Crippen LogP contribution < -0.4 is 10.5 Å². The summed E-state index contributed by atoms with van der Waals surface area (Å²) in [7, 11) is 1.79. The number of hydrogen-bond acceptors (Lipinski definition) is 5. The maximum absolute atomic E-state index is 12.3. The average Bonchev–Trinajstić information content (AvgIpc) is 3.26. The van der Waals surface area contributed by atoms with Crippen molar-refractivity contribution in [2.75, 3.05) is 11.4 Å². The first kappa shape index (κ1) is 14.9. The van der Waals surface area contributed by atoms with Crippen molar-refractivity contribution >= 4 is 17.0 Å². The first-order chi connectivity index (χ1) is 12.7. The summed E-state index contributed by atoms with van der Waals surface area (Å²) in [4.78, 5) is 21.8. The molecule has 1 aromatic carbocycles. The molecule has 0 spiro atoms. The SMILES string of the molecule is Cn1ncc2c(=O)[nH]c(N3CCc4oc(-c5ccccc5)cc4C3)nc21. The number of H-pyrrole nitrogens is 1. The van der Waals surface area contributed by atoms with Crippen LogP contribution >= 0.6 is 0 Å². The smallest absolute Gasteiger partial charge is 0.263 e. The Hall–Kier alpha value is -3.35. The minimum Gasteiger partial charge on any atom is -0.461 e. The van der Waals surface area contributed by atoms with E-state index >= 15 is 0 Å². The highest BCUT2D eigenvalue weighted by Gasteiger charge is 2.23. The lowest BCUT2D eigenvalue weighted by atomic mass is 10.1. The molecule has 4 aromatic rings. The van der Waals surface area contributed by atoms with Gasteiger partial charge in [0.2, 0.25) is 5.95 Å². The van der Waals surface area contributed by atoms with Gasteiger partial charge in [0, 0.05) is 37.7 Å². The normalized spacial score (nSPS) is 14.0. The van der Waals surface area contributed by atoms with Crippen LogP contribution in [-0.2, 0) is 20.0 Å². The van der Waals surface area contributed by atoms with Gasteiger partial charge in [-0.25, -0.2) is 0 Å². The molecule has 5 rings (SSSR count). The fraction of sp³-hybridized carbons (Fsp3) is 0.211. The fourth-order valence-electron chi connectivity index (χ4n) is 3.43. The van der Waals surface area contributed by atoms with Crippen molar-refractivity contribution in [1.82, 2.24) is 19.7 Å². The molecule has 0 aliphatic carbocycles. The number of furan rings is 1. The van der Waals surface area contributed by atoms with Gasteiger partial charge in [-0.15, -0.1) is 0 Å². The number of hydrogen-bond donors (Lipinski definition) is 1. The molecule has 0 amide bonds. The van der Waals surface area contributed by atoms with E-state index in [0.29, 0.717) is 23.5 Å². The number of aryl methyl sites for hydroxylation is 1. The zero-order chi connectivity index (χ0) is 17.7. The lowest BCUT2D eigenvalue weighted by Crippen LogP contribution is -2.32. The van der Waals surface area contributed by atoms with Gasteiger partial charge < -0.3 is 9.32 Å². The second-order valence-corrected chi connectivity index (χ2v) is 6.49. The average molecular weight is 347 g/mol. The molecule has 1 N–H and O–H groups in total. The first-order valence-corrected chi connectivity index (χ1v) is 8.53. The molecule has 130 valence electrons. The Bertz CT molecular complexity index is 1160. The maximum atomic E-state index is 12.3. The molecule has 0 fully saturated rings. The predicted octanol–water partition coefficient (Wildman–Crippen LogP) is 2.48. The Kier molecular flexibility index (Phi) is 3.21. The molecule has 3 aromatic heterocycles. The van der Waals surface area contributed by atoms with Gasteiger partial charge in [-0.05, 0) is 6.07 Å². The monoisotopic (exact) mass is 347 g/mol. The third-order valence-corrected chi connectivity index (χ3v) is 4.81. The van der Waals surface area contributed by atoms with Crippen LogP contribution in [0.1, 0.15) is 11.3 Å². The number of fused-ring (bicyclic) bond motifs is 2. The Morgan fingerprint density at radius 3 is 2.92 bits per heavy atom. The molecular weight excluding hydrogens is 330 g/mol. The highest BCUT2D eigenvalue weighted by atomic mass is 16.3. The number of nitrogens with one attached hydrogen (secondary N) is 1. The first-order valence-electron chi connectivity index (χ1n) is 8.53. The van der Waals surface area contributed by atoms with Crippen LogP contribution in [0.2, 0.25) is 0 Å². The van der Waals surface area contributed by atoms with Crippen molar-refractivity contribution < 1.29 is 4.42 Å². The molecule has 1 aliphatic heterocycles. The standard InChI is InChI=1S/C19H17N5O2/c1-23-17-14(10-20-23)18(25)22-19(21-17)24-8-7-15-13(11-24)9-16(26-15)12-5-3-2-4-6-12/h2-6,9-10H,7-8,11H2,1H3,(H,21,22,25). The molecule has 0 radical (unpaired) electrons. The van der Waals surface area contributed by atoms with Crippen LogP contribution in [0.25, 0.3) is 22.4 Å². The molecule has 0 unspecified atom stereocenters. The van der Waals surface area contributed by atoms with E-state index in [9.17, 15) is 4.79 Å². The number of benzene rings is 1. The van der Waals surface area contributed by atoms with Crippen molar-refractivity contribution in [2.45, 2.75) is 13.0 Å². The molecular formula is C19H17N5O2. The molecule has 0 atom stereocenters. The van der Waals surface area contributed by atoms with E-state index in [1.54, 1.807) is 17.9 Å². The lowest BCUT2D eigenvalue weighted by molar-refractivity contribution is 0.498. The summed E-state index contributed by atoms with van der Waals surface area (Å²) in [5, 5.41) is 4.62. The van der Waals surface area contributed by atoms with E-state index in [-0.39, 0.29) is 5.56 Å². The van der Waals surface area contributed by atoms with Crippen LogP contribution in [0.15, 0.2) is 51.8 Å². The molecule has 0 saturated carbocycles. The summed E-state index contributed by atoms with van der Waals surface area (Å²) in [6, 6.07) is 12.2. The molecule has 0 bridgehead atoms. The lowest BCUT2D eigenvalue weighted by Gasteiger charge is -2.26. The summed E-state index contributed by atoms with van der Waals surface area (Å²) in [5.74, 6) is 2.45. The minimum atomic E-state index is -0.166. The fourth-order valence-corrected chi connectivity index (χ4v) is 3.43. The summed E-state index contributed by atoms with van der Waals surface area (Å²) < 4.78 is 7.66. The van der Waals surface area contributed by atoms with E-state index in [1.807, 2.05) is 30.3 Å². The Labute approximate surface area is 148 Å². The Balaban J connectivity index is 1.50. The van der Waals surface area contributed by atoms with Crippen LogP contribution in [0.4, 0.5) is 5.95 Å². The van der Waals surface area contributed by atoms with Gasteiger partial charge >= 0.3 is 0 Å². The second kappa shape index (κ2) is 5.59. The van der Waals surface area contributed by atoms with Crippen molar-refractivity contribution in [3.8, 4) is 11.3 Å². The van der Waals surface area contributed by atoms with Gasteiger partial charge in [-0.1, -0.05) is 30.3 Å². The van der Waals surface area contributed by atoms with Crippen molar-refractivity contribution in [3.63, 3.8) is 0 Å². The molecule has 7 heteroatoms. The van der Waals surface area contributed by atoms with Crippen molar-refractivity contribution in [2.24, 2.45) is 7.05 Å². The predicted molar refractivity (Wildman–Crippen MR) is 98.0 cm³/mol. The summed E-state index contributed by atoms with van der Waals surface area (Å²) in [5.41, 5.74) is 2.62. The molecule has 7 nitrogen and oxygen atoms in total. The van der Waals surface area contributed by atoms with Gasteiger partial charge in [0.05, 0.1) is 6.20 Å². The van der Waals surface area contributed by atoms with Gasteiger partial charge in [-0.2, -0.15) is 10.1 Å². The van der Waals surface area contributed by atoms with Crippen molar-refractivity contribution in [1.29, 1.82) is 0 Å². The number of aromatic nitrogens is 4. The number of rotatable bonds is 2. The second-order valence-electron chi connectivity index (χ2n) is 6.49. The minimum absolute atomic E-state index is 0.166. The van der Waals surface area contributed by atoms with Crippen LogP contribution in [-0.4, -0.2) is 26.3 Å². The van der Waals surface area contributed by atoms with Crippen molar-refractivity contribution in [3.05, 3.63) is 64.3 Å². The van der Waals surface area contributed by atoms with E-state index in [0.717, 1.165) is 35.6 Å². The zero-order valence-electron chi connectivity index (χ0n) is 14.3. The number of aromatic amines is 1. The third kappa shape index (κ3) is 2.32. The number of anilines is 1. The molecule has 1 aliphatic rings. The largest absolute Gasteiger partial charge is 0.461 e. The van der Waals surface area contributed by atoms with E-state index in [4.69, 9.17) is 4.42 Å². The Morgan fingerprint density at radius 1 is 1.23 bits per heavy atom. The van der Waals surface area contributed by atoms with E-state index in [2.05, 4.69) is 26.0 Å². The van der Waals surface area contributed by atoms with Gasteiger partial charge in [0.15, 0.2) is 5.65 Å². The molecule has 0 saturated heterocycles. The van der Waals surface area contributed by atoms with Crippen LogP contribution in [0, 0.1) is 0 Å². The van der Waals surface area contributed by atoms with Crippen LogP contribution in [0.3, 0.4) is 0 Å². The molecule has 26 heavy (non-hydrogen) atoms. The van der Waals surface area contributed by atoms with Gasteiger partial charge in [0.25, 0.3) is 5.56 Å². The van der Waals surface area contributed by atoms with Crippen LogP contribution in [0.5, 0.6) is 0 Å². The summed E-state index contributed by atoms with van der Waals surface area (Å²) in [6.45, 7) is 1.39. The third-order valence-electron chi connectivity index (χ3n) is 4.81. The van der Waals surface area contributed by atoms with Gasteiger partial charge in [0.1, 0.15) is 16.9 Å². The quantitative estimate of drug-likeness (QED) is 0.603. The summed E-state index contributed by atoms with van der Waals surface area (Å²) in [6.07, 6.45) is 2.32. The topological polar surface area (TPSA) is 80.0 Å².